The lowest BCUT2D eigenvalue weighted by atomic mass is 9.92. The van der Waals surface area contributed by atoms with E-state index in [1.807, 2.05) is 18.2 Å². The molecule has 1 aromatic carbocycles. The molecule has 1 aromatic rings. The van der Waals surface area contributed by atoms with Crippen LogP contribution in [0.15, 0.2) is 35.4 Å². The fourth-order valence-electron chi connectivity index (χ4n) is 3.98. The Kier molecular flexibility index (Phi) is 3.17. The molecule has 0 unspecified atom stereocenters. The Labute approximate surface area is 125 Å². The minimum Gasteiger partial charge on any atom is -0.334 e. The fraction of sp³-hybridized carbons (Fsp3) is 0.529. The van der Waals surface area contributed by atoms with Crippen molar-refractivity contribution in [3.05, 3.63) is 35.9 Å². The van der Waals surface area contributed by atoms with E-state index in [-0.39, 0.29) is 17.9 Å². The van der Waals surface area contributed by atoms with Crippen LogP contribution in [0.5, 0.6) is 0 Å². The number of hydrazone groups is 1. The molecule has 4 rings (SSSR count). The zero-order valence-electron chi connectivity index (χ0n) is 12.2. The monoisotopic (exact) mass is 283 g/mol. The normalized spacial score (nSPS) is 29.2. The molecule has 1 aliphatic carbocycles. The molecule has 2 atom stereocenters. The van der Waals surface area contributed by atoms with Crippen molar-refractivity contribution in [2.75, 3.05) is 6.54 Å². The maximum absolute atomic E-state index is 12.6. The topological polar surface area (TPSA) is 44.7 Å². The number of amides is 1. The maximum Gasteiger partial charge on any atom is 0.270 e. The third kappa shape index (κ3) is 2.13. The van der Waals surface area contributed by atoms with Gasteiger partial charge in [-0.05, 0) is 18.4 Å². The number of nitrogens with one attached hydrogen (secondary N) is 1. The number of carbonyl (C=O) groups excluding carboxylic acids is 1. The van der Waals surface area contributed by atoms with Crippen LogP contribution in [0.3, 0.4) is 0 Å². The molecule has 2 aliphatic heterocycles. The predicted octanol–water partition coefficient (Wildman–Crippen LogP) is 2.48. The van der Waals surface area contributed by atoms with Crippen molar-refractivity contribution in [2.24, 2.45) is 11.0 Å². The van der Waals surface area contributed by atoms with Gasteiger partial charge in [0.05, 0.1) is 12.0 Å². The summed E-state index contributed by atoms with van der Waals surface area (Å²) in [6.45, 7) is 0.828. The van der Waals surface area contributed by atoms with Crippen molar-refractivity contribution in [3.63, 3.8) is 0 Å². The average Bonchev–Trinajstić information content (AvgIpc) is 3.10. The van der Waals surface area contributed by atoms with Gasteiger partial charge in [-0.25, -0.2) is 0 Å². The van der Waals surface area contributed by atoms with Gasteiger partial charge in [0.25, 0.3) is 5.91 Å². The molecule has 1 saturated heterocycles. The summed E-state index contributed by atoms with van der Waals surface area (Å²) < 4.78 is 0. The third-order valence-corrected chi connectivity index (χ3v) is 5.13. The van der Waals surface area contributed by atoms with Crippen LogP contribution in [0.2, 0.25) is 0 Å². The number of nitrogens with zero attached hydrogens (tertiary/aromatic N) is 2. The summed E-state index contributed by atoms with van der Waals surface area (Å²) in [5.41, 5.74) is 5.14. The van der Waals surface area contributed by atoms with Crippen LogP contribution in [0.1, 0.15) is 43.7 Å². The van der Waals surface area contributed by atoms with E-state index >= 15 is 0 Å². The second-order valence-electron chi connectivity index (χ2n) is 6.37. The van der Waals surface area contributed by atoms with Gasteiger partial charge in [0.2, 0.25) is 0 Å². The molecule has 1 N–H and O–H groups in total. The summed E-state index contributed by atoms with van der Waals surface area (Å²) >= 11 is 0. The summed E-state index contributed by atoms with van der Waals surface area (Å²) in [5, 5.41) is 4.36. The number of fused-ring (bicyclic) bond motifs is 1. The van der Waals surface area contributed by atoms with Crippen molar-refractivity contribution in [3.8, 4) is 0 Å². The minimum absolute atomic E-state index is 0.152. The first-order valence-corrected chi connectivity index (χ1v) is 8.03. The largest absolute Gasteiger partial charge is 0.334 e. The molecule has 0 bridgehead atoms. The van der Waals surface area contributed by atoms with Crippen molar-refractivity contribution in [1.29, 1.82) is 0 Å². The van der Waals surface area contributed by atoms with Crippen molar-refractivity contribution in [1.82, 2.24) is 10.3 Å². The molecule has 0 spiro atoms. The standard InChI is InChI=1S/C17H21N3O/c21-17-16-14(11-20(17)13-9-5-2-6-10-13)15(18-19-16)12-7-3-1-4-8-12/h1,3-4,7-8,13-15,18H,2,5-6,9-11H2/t14-,15+/m0/s1. The number of hydrogen-bond acceptors (Lipinski definition) is 3. The van der Waals surface area contributed by atoms with Crippen LogP contribution < -0.4 is 5.43 Å². The highest BCUT2D eigenvalue weighted by atomic mass is 16.2. The molecular formula is C17H21N3O. The molecule has 21 heavy (non-hydrogen) atoms. The van der Waals surface area contributed by atoms with Gasteiger partial charge >= 0.3 is 0 Å². The first kappa shape index (κ1) is 12.9. The summed E-state index contributed by atoms with van der Waals surface area (Å²) in [5.74, 6) is 0.375. The summed E-state index contributed by atoms with van der Waals surface area (Å²) in [6, 6.07) is 10.9. The third-order valence-electron chi connectivity index (χ3n) is 5.13. The number of benzene rings is 1. The predicted molar refractivity (Wildman–Crippen MR) is 81.8 cm³/mol. The SMILES string of the molecule is O=C1C2=NN[C@H](c3ccccc3)[C@@H]2CN1C1CCCCC1. The molecule has 3 aliphatic rings. The molecule has 1 saturated carbocycles. The van der Waals surface area contributed by atoms with E-state index < -0.39 is 0 Å². The first-order chi connectivity index (χ1) is 10.3. The van der Waals surface area contributed by atoms with Crippen LogP contribution in [0, 0.1) is 5.92 Å². The van der Waals surface area contributed by atoms with Gasteiger partial charge < -0.3 is 10.3 Å². The quantitative estimate of drug-likeness (QED) is 0.906. The van der Waals surface area contributed by atoms with Gasteiger partial charge in [0, 0.05) is 12.6 Å². The fourth-order valence-corrected chi connectivity index (χ4v) is 3.98. The Balaban J connectivity index is 1.55. The van der Waals surface area contributed by atoms with Crippen molar-refractivity contribution in [2.45, 2.75) is 44.2 Å². The Morgan fingerprint density at radius 3 is 2.62 bits per heavy atom. The Bertz CT molecular complexity index is 563. The van der Waals surface area contributed by atoms with Crippen molar-refractivity contribution >= 4 is 11.6 Å². The first-order valence-electron chi connectivity index (χ1n) is 8.03. The number of rotatable bonds is 2. The molecule has 0 radical (unpaired) electrons. The van der Waals surface area contributed by atoms with Gasteiger partial charge in [-0.3, -0.25) is 4.79 Å². The molecule has 2 fully saturated rings. The summed E-state index contributed by atoms with van der Waals surface area (Å²) in [7, 11) is 0. The van der Waals surface area contributed by atoms with Gasteiger partial charge in [0.1, 0.15) is 5.71 Å². The van der Waals surface area contributed by atoms with Crippen LogP contribution in [0.4, 0.5) is 0 Å². The van der Waals surface area contributed by atoms with E-state index in [0.717, 1.165) is 25.1 Å². The van der Waals surface area contributed by atoms with Gasteiger partial charge in [0.15, 0.2) is 0 Å². The number of hydrogen-bond donors (Lipinski definition) is 1. The lowest BCUT2D eigenvalue weighted by molar-refractivity contribution is -0.125. The lowest BCUT2D eigenvalue weighted by Crippen LogP contribution is -2.39. The van der Waals surface area contributed by atoms with Crippen LogP contribution in [-0.2, 0) is 4.79 Å². The highest BCUT2D eigenvalue weighted by Gasteiger charge is 2.47. The molecular weight excluding hydrogens is 262 g/mol. The van der Waals surface area contributed by atoms with E-state index in [0.29, 0.717) is 6.04 Å². The minimum atomic E-state index is 0.152. The molecule has 2 heterocycles. The smallest absolute Gasteiger partial charge is 0.270 e. The highest BCUT2D eigenvalue weighted by molar-refractivity contribution is 6.42. The molecule has 110 valence electrons. The summed E-state index contributed by atoms with van der Waals surface area (Å²) in [4.78, 5) is 14.7. The van der Waals surface area contributed by atoms with E-state index in [1.165, 1.54) is 24.8 Å². The molecule has 4 heteroatoms. The van der Waals surface area contributed by atoms with Crippen LogP contribution >= 0.6 is 0 Å². The average molecular weight is 283 g/mol. The highest BCUT2D eigenvalue weighted by Crippen LogP contribution is 2.36. The zero-order chi connectivity index (χ0) is 14.2. The van der Waals surface area contributed by atoms with Crippen LogP contribution in [-0.4, -0.2) is 29.1 Å². The maximum atomic E-state index is 12.6. The van der Waals surface area contributed by atoms with Crippen LogP contribution in [0.25, 0.3) is 0 Å². The zero-order valence-corrected chi connectivity index (χ0v) is 12.2. The molecule has 0 aromatic heterocycles. The second-order valence-corrected chi connectivity index (χ2v) is 6.37. The lowest BCUT2D eigenvalue weighted by Gasteiger charge is -2.31. The van der Waals surface area contributed by atoms with Crippen molar-refractivity contribution < 1.29 is 4.79 Å². The van der Waals surface area contributed by atoms with E-state index in [4.69, 9.17) is 0 Å². The Morgan fingerprint density at radius 1 is 1.10 bits per heavy atom. The molecule has 1 amide bonds. The van der Waals surface area contributed by atoms with E-state index in [1.54, 1.807) is 0 Å². The summed E-state index contributed by atoms with van der Waals surface area (Å²) in [6.07, 6.45) is 6.15. The second kappa shape index (κ2) is 5.17. The van der Waals surface area contributed by atoms with Gasteiger partial charge in [-0.2, -0.15) is 5.10 Å². The van der Waals surface area contributed by atoms with Gasteiger partial charge in [-0.1, -0.05) is 49.6 Å². The van der Waals surface area contributed by atoms with E-state index in [9.17, 15) is 4.79 Å². The molecule has 4 nitrogen and oxygen atoms in total. The Morgan fingerprint density at radius 2 is 1.86 bits per heavy atom. The van der Waals surface area contributed by atoms with Gasteiger partial charge in [-0.15, -0.1) is 0 Å². The van der Waals surface area contributed by atoms with E-state index in [2.05, 4.69) is 27.6 Å². The number of likely N-dealkylation sites (tertiary alicyclic amines) is 1. The Hall–Kier alpha value is -1.84. The number of carbonyl (C=O) groups is 1.